The van der Waals surface area contributed by atoms with Crippen molar-refractivity contribution < 1.29 is 14.6 Å². The lowest BCUT2D eigenvalue weighted by Crippen LogP contribution is -2.44. The van der Waals surface area contributed by atoms with Crippen LogP contribution >= 0.6 is 0 Å². The summed E-state index contributed by atoms with van der Waals surface area (Å²) in [5.74, 6) is 0.610. The molecule has 0 aliphatic heterocycles. The van der Waals surface area contributed by atoms with E-state index in [1.165, 1.54) is 0 Å². The van der Waals surface area contributed by atoms with E-state index in [4.69, 9.17) is 4.74 Å². The average molecular weight is 291 g/mol. The van der Waals surface area contributed by atoms with Crippen molar-refractivity contribution in [3.8, 4) is 5.75 Å². The van der Waals surface area contributed by atoms with E-state index in [1.54, 1.807) is 0 Å². The molecule has 0 bridgehead atoms. The van der Waals surface area contributed by atoms with Crippen molar-refractivity contribution in [3.05, 3.63) is 30.3 Å². The highest BCUT2D eigenvalue weighted by Gasteiger charge is 2.34. The maximum atomic E-state index is 12.3. The molecule has 2 N–H and O–H groups in total. The summed E-state index contributed by atoms with van der Waals surface area (Å²) in [6.45, 7) is 2.62. The first-order valence-electron chi connectivity index (χ1n) is 7.79. The highest BCUT2D eigenvalue weighted by molar-refractivity contribution is 5.81. The standard InChI is InChI=1S/C17H25NO3/c1-2-15(21-14-8-4-3-5-9-14)16(20)18-12-17(13-19)10-6-7-11-17/h3-5,8-9,15,19H,2,6-7,10-13H2,1H3,(H,18,20). The van der Waals surface area contributed by atoms with Gasteiger partial charge in [-0.25, -0.2) is 0 Å². The molecule has 1 unspecified atom stereocenters. The van der Waals surface area contributed by atoms with Crippen LogP contribution in [0.4, 0.5) is 0 Å². The number of carbonyl (C=O) groups excluding carboxylic acids is 1. The van der Waals surface area contributed by atoms with Crippen molar-refractivity contribution in [2.24, 2.45) is 5.41 Å². The molecule has 1 aliphatic carbocycles. The van der Waals surface area contributed by atoms with Crippen LogP contribution < -0.4 is 10.1 Å². The lowest BCUT2D eigenvalue weighted by atomic mass is 9.87. The van der Waals surface area contributed by atoms with Gasteiger partial charge in [-0.15, -0.1) is 0 Å². The Labute approximate surface area is 126 Å². The minimum absolute atomic E-state index is 0.0962. The van der Waals surface area contributed by atoms with Crippen LogP contribution in [0.25, 0.3) is 0 Å². The smallest absolute Gasteiger partial charge is 0.261 e. The van der Waals surface area contributed by atoms with Gasteiger partial charge in [0, 0.05) is 12.0 Å². The molecule has 1 atom stereocenters. The lowest BCUT2D eigenvalue weighted by molar-refractivity contribution is -0.128. The number of hydrogen-bond donors (Lipinski definition) is 2. The summed E-state index contributed by atoms with van der Waals surface area (Å²) >= 11 is 0. The summed E-state index contributed by atoms with van der Waals surface area (Å²) < 4.78 is 5.73. The highest BCUT2D eigenvalue weighted by Crippen LogP contribution is 2.36. The highest BCUT2D eigenvalue weighted by atomic mass is 16.5. The Morgan fingerprint density at radius 1 is 1.33 bits per heavy atom. The maximum absolute atomic E-state index is 12.3. The number of ether oxygens (including phenoxy) is 1. The van der Waals surface area contributed by atoms with E-state index in [2.05, 4.69) is 5.32 Å². The number of benzene rings is 1. The third-order valence-electron chi connectivity index (χ3n) is 4.32. The lowest BCUT2D eigenvalue weighted by Gasteiger charge is -2.27. The van der Waals surface area contributed by atoms with Crippen molar-refractivity contribution in [2.45, 2.75) is 45.1 Å². The molecule has 0 heterocycles. The Kier molecular flexibility index (Phi) is 5.62. The average Bonchev–Trinajstić information content (AvgIpc) is 3.01. The molecule has 0 saturated heterocycles. The normalized spacial score (nSPS) is 18.2. The van der Waals surface area contributed by atoms with Gasteiger partial charge < -0.3 is 15.2 Å². The van der Waals surface area contributed by atoms with Gasteiger partial charge in [-0.1, -0.05) is 38.0 Å². The molecule has 1 amide bonds. The Morgan fingerprint density at radius 2 is 2.00 bits per heavy atom. The van der Waals surface area contributed by atoms with E-state index in [9.17, 15) is 9.90 Å². The molecular formula is C17H25NO3. The van der Waals surface area contributed by atoms with Gasteiger partial charge in [0.1, 0.15) is 5.75 Å². The van der Waals surface area contributed by atoms with E-state index >= 15 is 0 Å². The van der Waals surface area contributed by atoms with Crippen molar-refractivity contribution in [2.75, 3.05) is 13.2 Å². The molecule has 116 valence electrons. The minimum Gasteiger partial charge on any atom is -0.481 e. The fourth-order valence-electron chi connectivity index (χ4n) is 2.89. The number of carbonyl (C=O) groups is 1. The van der Waals surface area contributed by atoms with Crippen LogP contribution in [-0.4, -0.2) is 30.3 Å². The number of amides is 1. The third-order valence-corrected chi connectivity index (χ3v) is 4.32. The number of aliphatic hydroxyl groups is 1. The number of hydrogen-bond acceptors (Lipinski definition) is 3. The predicted molar refractivity (Wildman–Crippen MR) is 82.1 cm³/mol. The van der Waals surface area contributed by atoms with Gasteiger partial charge in [-0.2, -0.15) is 0 Å². The first-order valence-corrected chi connectivity index (χ1v) is 7.79. The molecule has 4 heteroatoms. The van der Waals surface area contributed by atoms with Crippen LogP contribution in [0, 0.1) is 5.41 Å². The van der Waals surface area contributed by atoms with Crippen LogP contribution in [0.2, 0.25) is 0 Å². The monoisotopic (exact) mass is 291 g/mol. The molecule has 1 aromatic carbocycles. The molecule has 1 aliphatic rings. The van der Waals surface area contributed by atoms with Gasteiger partial charge in [-0.3, -0.25) is 4.79 Å². The molecule has 1 fully saturated rings. The van der Waals surface area contributed by atoms with Crippen molar-refractivity contribution in [1.29, 1.82) is 0 Å². The van der Waals surface area contributed by atoms with Gasteiger partial charge in [0.05, 0.1) is 6.61 Å². The molecular weight excluding hydrogens is 266 g/mol. The predicted octanol–water partition coefficient (Wildman–Crippen LogP) is 2.51. The fourth-order valence-corrected chi connectivity index (χ4v) is 2.89. The summed E-state index contributed by atoms with van der Waals surface area (Å²) in [5, 5.41) is 12.5. The van der Waals surface area contributed by atoms with Crippen molar-refractivity contribution in [1.82, 2.24) is 5.32 Å². The van der Waals surface area contributed by atoms with E-state index in [0.29, 0.717) is 18.7 Å². The summed E-state index contributed by atoms with van der Waals surface area (Å²) in [6.07, 6.45) is 4.37. The van der Waals surface area contributed by atoms with E-state index < -0.39 is 6.10 Å². The molecule has 0 radical (unpaired) electrons. The van der Waals surface area contributed by atoms with Crippen molar-refractivity contribution >= 4 is 5.91 Å². The second kappa shape index (κ2) is 7.46. The summed E-state index contributed by atoms with van der Waals surface area (Å²) in [7, 11) is 0. The van der Waals surface area contributed by atoms with Gasteiger partial charge in [-0.05, 0) is 31.4 Å². The number of nitrogens with one attached hydrogen (secondary N) is 1. The fraction of sp³-hybridized carbons (Fsp3) is 0.588. The Hall–Kier alpha value is -1.55. The maximum Gasteiger partial charge on any atom is 0.261 e. The van der Waals surface area contributed by atoms with Gasteiger partial charge >= 0.3 is 0 Å². The Morgan fingerprint density at radius 3 is 2.57 bits per heavy atom. The number of aliphatic hydroxyl groups excluding tert-OH is 1. The topological polar surface area (TPSA) is 58.6 Å². The summed E-state index contributed by atoms with van der Waals surface area (Å²) in [6, 6.07) is 9.39. The van der Waals surface area contributed by atoms with Crippen LogP contribution in [0.3, 0.4) is 0 Å². The zero-order chi connectivity index (χ0) is 15.1. The quantitative estimate of drug-likeness (QED) is 0.811. The summed E-state index contributed by atoms with van der Waals surface area (Å²) in [5.41, 5.74) is -0.124. The first-order chi connectivity index (χ1) is 10.2. The van der Waals surface area contributed by atoms with Crippen molar-refractivity contribution in [3.63, 3.8) is 0 Å². The molecule has 4 nitrogen and oxygen atoms in total. The molecule has 21 heavy (non-hydrogen) atoms. The van der Waals surface area contributed by atoms with Crippen LogP contribution in [0.1, 0.15) is 39.0 Å². The molecule has 0 aromatic heterocycles. The van der Waals surface area contributed by atoms with E-state index in [1.807, 2.05) is 37.3 Å². The number of para-hydroxylation sites is 1. The Balaban J connectivity index is 1.88. The minimum atomic E-state index is -0.482. The first kappa shape index (κ1) is 15.8. The van der Waals surface area contributed by atoms with E-state index in [-0.39, 0.29) is 17.9 Å². The molecule has 1 saturated carbocycles. The zero-order valence-electron chi connectivity index (χ0n) is 12.7. The van der Waals surface area contributed by atoms with Gasteiger partial charge in [0.2, 0.25) is 0 Å². The second-order valence-electron chi connectivity index (χ2n) is 5.91. The Bertz CT molecular complexity index is 441. The number of rotatable bonds is 7. The second-order valence-corrected chi connectivity index (χ2v) is 5.91. The SMILES string of the molecule is CCC(Oc1ccccc1)C(=O)NCC1(CO)CCCC1. The van der Waals surface area contributed by atoms with Crippen LogP contribution in [0.5, 0.6) is 5.75 Å². The third kappa shape index (κ3) is 4.21. The van der Waals surface area contributed by atoms with E-state index in [0.717, 1.165) is 25.7 Å². The van der Waals surface area contributed by atoms with Crippen LogP contribution in [0.15, 0.2) is 30.3 Å². The summed E-state index contributed by atoms with van der Waals surface area (Å²) in [4.78, 5) is 12.3. The molecule has 0 spiro atoms. The van der Waals surface area contributed by atoms with Gasteiger partial charge in [0.15, 0.2) is 6.10 Å². The largest absolute Gasteiger partial charge is 0.481 e. The zero-order valence-corrected chi connectivity index (χ0v) is 12.7. The molecule has 2 rings (SSSR count). The van der Waals surface area contributed by atoms with Gasteiger partial charge in [0.25, 0.3) is 5.91 Å². The van der Waals surface area contributed by atoms with Crippen LogP contribution in [-0.2, 0) is 4.79 Å². The molecule has 1 aromatic rings.